The average molecular weight is 314 g/mol. The van der Waals surface area contributed by atoms with Gasteiger partial charge in [0.1, 0.15) is 5.82 Å². The van der Waals surface area contributed by atoms with Crippen LogP contribution in [0.1, 0.15) is 53.5 Å². The van der Waals surface area contributed by atoms with Gasteiger partial charge in [-0.1, -0.05) is 12.8 Å². The molecule has 23 heavy (non-hydrogen) atoms. The molecule has 0 aliphatic heterocycles. The molecule has 0 spiro atoms. The first kappa shape index (κ1) is 15.5. The molecule has 1 aliphatic carbocycles. The minimum atomic E-state index is -0.364. The predicted octanol–water partition coefficient (Wildman–Crippen LogP) is 3.10. The van der Waals surface area contributed by atoms with Gasteiger partial charge >= 0.3 is 5.97 Å². The summed E-state index contributed by atoms with van der Waals surface area (Å²) in [5, 5.41) is 7.89. The summed E-state index contributed by atoms with van der Waals surface area (Å²) in [7, 11) is 1.37. The van der Waals surface area contributed by atoms with Crippen LogP contribution < -0.4 is 5.32 Å². The van der Waals surface area contributed by atoms with Gasteiger partial charge in [-0.25, -0.2) is 9.78 Å². The number of hydrogen-bond donors (Lipinski definition) is 1. The zero-order chi connectivity index (χ0) is 16.2. The first-order chi connectivity index (χ1) is 11.2. The predicted molar refractivity (Wildman–Crippen MR) is 87.4 cm³/mol. The lowest BCUT2D eigenvalue weighted by atomic mass is 10.2. The number of nitrogens with zero attached hydrogens (tertiary/aromatic N) is 3. The molecule has 1 saturated carbocycles. The largest absolute Gasteiger partial charge is 0.465 e. The van der Waals surface area contributed by atoms with Gasteiger partial charge in [0.05, 0.1) is 36.6 Å². The fourth-order valence-corrected chi connectivity index (χ4v) is 3.01. The van der Waals surface area contributed by atoms with Crippen molar-refractivity contribution in [2.75, 3.05) is 12.4 Å². The van der Waals surface area contributed by atoms with E-state index >= 15 is 0 Å². The highest BCUT2D eigenvalue weighted by Gasteiger charge is 2.17. The summed E-state index contributed by atoms with van der Waals surface area (Å²) in [5.74, 6) is 0.363. The molecule has 0 amide bonds. The molecular formula is C17H22N4O2. The number of carbonyl (C=O) groups excluding carboxylic acids is 1. The molecular weight excluding hydrogens is 292 g/mol. The van der Waals surface area contributed by atoms with Crippen LogP contribution in [0.3, 0.4) is 0 Å². The van der Waals surface area contributed by atoms with Crippen LogP contribution in [-0.2, 0) is 11.3 Å². The maximum absolute atomic E-state index is 11.6. The first-order valence-corrected chi connectivity index (χ1v) is 8.01. The lowest BCUT2D eigenvalue weighted by Gasteiger charge is -2.09. The number of aromatic nitrogens is 3. The van der Waals surface area contributed by atoms with E-state index in [1.807, 2.05) is 6.07 Å². The maximum Gasteiger partial charge on any atom is 0.339 e. The van der Waals surface area contributed by atoms with E-state index in [4.69, 9.17) is 4.74 Å². The number of nitrogens with one attached hydrogen (secondary N) is 1. The van der Waals surface area contributed by atoms with E-state index in [2.05, 4.69) is 26.3 Å². The number of ether oxygens (including phenoxy) is 1. The molecule has 0 aromatic carbocycles. The Morgan fingerprint density at radius 3 is 2.83 bits per heavy atom. The summed E-state index contributed by atoms with van der Waals surface area (Å²) in [5.41, 5.74) is 2.13. The van der Waals surface area contributed by atoms with E-state index in [0.717, 1.165) is 11.5 Å². The Labute approximate surface area is 135 Å². The van der Waals surface area contributed by atoms with Crippen molar-refractivity contribution in [3.8, 4) is 0 Å². The van der Waals surface area contributed by atoms with Crippen molar-refractivity contribution in [2.24, 2.45) is 0 Å². The van der Waals surface area contributed by atoms with Gasteiger partial charge in [-0.15, -0.1) is 0 Å². The number of pyridine rings is 1. The molecule has 0 bridgehead atoms. The zero-order valence-corrected chi connectivity index (χ0v) is 13.6. The minimum Gasteiger partial charge on any atom is -0.465 e. The van der Waals surface area contributed by atoms with E-state index in [9.17, 15) is 4.79 Å². The topological polar surface area (TPSA) is 69.0 Å². The molecule has 0 radical (unpaired) electrons. The smallest absolute Gasteiger partial charge is 0.339 e. The molecule has 6 nitrogen and oxygen atoms in total. The Morgan fingerprint density at radius 2 is 2.13 bits per heavy atom. The maximum atomic E-state index is 11.6. The van der Waals surface area contributed by atoms with Crippen LogP contribution in [0.2, 0.25) is 0 Å². The monoisotopic (exact) mass is 314 g/mol. The van der Waals surface area contributed by atoms with Crippen LogP contribution in [0, 0.1) is 6.92 Å². The lowest BCUT2D eigenvalue weighted by Crippen LogP contribution is -2.09. The van der Waals surface area contributed by atoms with Gasteiger partial charge in [-0.3, -0.25) is 4.68 Å². The fourth-order valence-electron chi connectivity index (χ4n) is 3.01. The van der Waals surface area contributed by atoms with Crippen LogP contribution in [-0.4, -0.2) is 27.8 Å². The first-order valence-electron chi connectivity index (χ1n) is 8.01. The van der Waals surface area contributed by atoms with E-state index in [0.29, 0.717) is 23.8 Å². The Bertz CT molecular complexity index is 690. The van der Waals surface area contributed by atoms with Crippen molar-refractivity contribution in [2.45, 2.75) is 45.2 Å². The standard InChI is InChI=1S/C17H22N4O2/c1-12-15(17(22)23-2)7-8-16(19-12)18-11-13-9-10-21(20-13)14-5-3-4-6-14/h7-10,14H,3-6,11H2,1-2H3,(H,18,19). The molecule has 2 aromatic rings. The zero-order valence-electron chi connectivity index (χ0n) is 13.6. The second-order valence-corrected chi connectivity index (χ2v) is 5.90. The molecule has 122 valence electrons. The van der Waals surface area contributed by atoms with Gasteiger partial charge in [0.2, 0.25) is 0 Å². The van der Waals surface area contributed by atoms with Crippen molar-refractivity contribution in [3.05, 3.63) is 41.3 Å². The lowest BCUT2D eigenvalue weighted by molar-refractivity contribution is 0.0599. The molecule has 2 heterocycles. The third-order valence-electron chi connectivity index (χ3n) is 4.30. The van der Waals surface area contributed by atoms with Crippen LogP contribution in [0.5, 0.6) is 0 Å². The third-order valence-corrected chi connectivity index (χ3v) is 4.30. The summed E-state index contributed by atoms with van der Waals surface area (Å²) in [6, 6.07) is 6.12. The molecule has 0 unspecified atom stereocenters. The number of rotatable bonds is 5. The summed E-state index contributed by atoms with van der Waals surface area (Å²) in [6.45, 7) is 2.41. The van der Waals surface area contributed by atoms with Crippen molar-refractivity contribution < 1.29 is 9.53 Å². The van der Waals surface area contributed by atoms with Gasteiger partial charge in [-0.2, -0.15) is 5.10 Å². The van der Waals surface area contributed by atoms with Crippen molar-refractivity contribution in [3.63, 3.8) is 0 Å². The van der Waals surface area contributed by atoms with Crippen LogP contribution in [0.4, 0.5) is 5.82 Å². The molecule has 6 heteroatoms. The van der Waals surface area contributed by atoms with E-state index in [1.165, 1.54) is 32.8 Å². The molecule has 2 aromatic heterocycles. The Kier molecular flexibility index (Phi) is 4.60. The number of anilines is 1. The molecule has 3 rings (SSSR count). The number of hydrogen-bond acceptors (Lipinski definition) is 5. The SMILES string of the molecule is COC(=O)c1ccc(NCc2ccn(C3CCCC3)n2)nc1C. The summed E-state index contributed by atoms with van der Waals surface area (Å²) < 4.78 is 6.81. The second kappa shape index (κ2) is 6.81. The van der Waals surface area contributed by atoms with Crippen molar-refractivity contribution >= 4 is 11.8 Å². The molecule has 0 saturated heterocycles. The normalized spacial score (nSPS) is 14.9. The van der Waals surface area contributed by atoms with E-state index in [-0.39, 0.29) is 5.97 Å². The van der Waals surface area contributed by atoms with E-state index in [1.54, 1.807) is 19.1 Å². The molecule has 0 atom stereocenters. The van der Waals surface area contributed by atoms with Crippen molar-refractivity contribution in [1.29, 1.82) is 0 Å². The Morgan fingerprint density at radius 1 is 1.35 bits per heavy atom. The van der Waals surface area contributed by atoms with Crippen LogP contribution in [0.15, 0.2) is 24.4 Å². The van der Waals surface area contributed by atoms with Crippen LogP contribution >= 0.6 is 0 Å². The third kappa shape index (κ3) is 3.52. The second-order valence-electron chi connectivity index (χ2n) is 5.90. The molecule has 1 fully saturated rings. The van der Waals surface area contributed by atoms with Gasteiger partial charge in [0, 0.05) is 6.20 Å². The fraction of sp³-hybridized carbons (Fsp3) is 0.471. The summed E-state index contributed by atoms with van der Waals surface area (Å²) in [4.78, 5) is 16.0. The van der Waals surface area contributed by atoms with Crippen LogP contribution in [0.25, 0.3) is 0 Å². The van der Waals surface area contributed by atoms with Crippen molar-refractivity contribution in [1.82, 2.24) is 14.8 Å². The highest BCUT2D eigenvalue weighted by atomic mass is 16.5. The van der Waals surface area contributed by atoms with Gasteiger partial charge < -0.3 is 10.1 Å². The highest BCUT2D eigenvalue weighted by Crippen LogP contribution is 2.28. The summed E-state index contributed by atoms with van der Waals surface area (Å²) >= 11 is 0. The minimum absolute atomic E-state index is 0.364. The number of carbonyl (C=O) groups is 1. The average Bonchev–Trinajstić information content (AvgIpc) is 3.23. The van der Waals surface area contributed by atoms with E-state index < -0.39 is 0 Å². The Balaban J connectivity index is 1.62. The quantitative estimate of drug-likeness (QED) is 0.859. The molecule has 1 aliphatic rings. The number of methoxy groups -OCH3 is 1. The van der Waals surface area contributed by atoms with Gasteiger partial charge in [0.25, 0.3) is 0 Å². The number of aryl methyl sites for hydroxylation is 1. The highest BCUT2D eigenvalue weighted by molar-refractivity contribution is 5.90. The Hall–Kier alpha value is -2.37. The summed E-state index contributed by atoms with van der Waals surface area (Å²) in [6.07, 6.45) is 7.11. The number of esters is 1. The molecule has 1 N–H and O–H groups in total. The van der Waals surface area contributed by atoms with Gasteiger partial charge in [0.15, 0.2) is 0 Å². The van der Waals surface area contributed by atoms with Gasteiger partial charge in [-0.05, 0) is 38.0 Å².